The standard InChI is InChI=1S/C20H23N3O6/c1-14(19(24)21-10-11-28-2)29-20(25)17-12-16(23(26)27)8-9-18(17)22-13-15-6-4-3-5-7-15/h3-9,12,14,22H,10-11,13H2,1-2H3,(H,21,24)/t14-/m0/s1. The number of nitrogens with one attached hydrogen (secondary N) is 2. The molecule has 0 fully saturated rings. The second-order valence-electron chi connectivity index (χ2n) is 6.16. The van der Waals surface area contributed by atoms with E-state index in [1.54, 1.807) is 0 Å². The van der Waals surface area contributed by atoms with Crippen molar-refractivity contribution in [3.63, 3.8) is 0 Å². The number of ether oxygens (including phenoxy) is 2. The second-order valence-corrected chi connectivity index (χ2v) is 6.16. The van der Waals surface area contributed by atoms with Crippen molar-refractivity contribution in [3.8, 4) is 0 Å². The van der Waals surface area contributed by atoms with E-state index in [4.69, 9.17) is 9.47 Å². The third-order valence-electron chi connectivity index (χ3n) is 4.02. The number of nitrogens with zero attached hydrogens (tertiary/aromatic N) is 1. The lowest BCUT2D eigenvalue weighted by Crippen LogP contribution is -2.37. The third-order valence-corrected chi connectivity index (χ3v) is 4.02. The summed E-state index contributed by atoms with van der Waals surface area (Å²) in [5.41, 5.74) is 1.07. The Hall–Kier alpha value is -3.46. The van der Waals surface area contributed by atoms with E-state index in [9.17, 15) is 19.7 Å². The Bertz CT molecular complexity index is 857. The van der Waals surface area contributed by atoms with Gasteiger partial charge in [0.2, 0.25) is 0 Å². The molecule has 2 aromatic rings. The molecule has 0 aliphatic carbocycles. The number of carbonyl (C=O) groups excluding carboxylic acids is 2. The van der Waals surface area contributed by atoms with Crippen molar-refractivity contribution in [2.75, 3.05) is 25.6 Å². The van der Waals surface area contributed by atoms with E-state index < -0.39 is 22.9 Å². The van der Waals surface area contributed by atoms with Crippen molar-refractivity contribution in [1.82, 2.24) is 5.32 Å². The van der Waals surface area contributed by atoms with Gasteiger partial charge in [0.05, 0.1) is 17.1 Å². The Labute approximate surface area is 168 Å². The number of methoxy groups -OCH3 is 1. The van der Waals surface area contributed by atoms with Crippen LogP contribution in [0.25, 0.3) is 0 Å². The lowest BCUT2D eigenvalue weighted by Gasteiger charge is -2.16. The van der Waals surface area contributed by atoms with Gasteiger partial charge in [0, 0.05) is 38.0 Å². The Morgan fingerprint density at radius 3 is 2.55 bits per heavy atom. The molecule has 1 amide bonds. The monoisotopic (exact) mass is 401 g/mol. The number of anilines is 1. The maximum absolute atomic E-state index is 12.6. The van der Waals surface area contributed by atoms with Crippen molar-refractivity contribution in [2.24, 2.45) is 0 Å². The molecule has 0 bridgehead atoms. The van der Waals surface area contributed by atoms with Crippen molar-refractivity contribution >= 4 is 23.3 Å². The first-order valence-electron chi connectivity index (χ1n) is 8.96. The molecule has 1 atom stereocenters. The van der Waals surface area contributed by atoms with Gasteiger partial charge in [-0.15, -0.1) is 0 Å². The second kappa shape index (κ2) is 10.8. The minimum Gasteiger partial charge on any atom is -0.449 e. The molecule has 0 saturated carbocycles. The number of amides is 1. The normalized spacial score (nSPS) is 11.4. The van der Waals surface area contributed by atoms with E-state index in [0.29, 0.717) is 18.8 Å². The maximum Gasteiger partial charge on any atom is 0.341 e. The summed E-state index contributed by atoms with van der Waals surface area (Å²) in [6, 6.07) is 13.3. The molecule has 0 aliphatic rings. The van der Waals surface area contributed by atoms with Crippen LogP contribution >= 0.6 is 0 Å². The number of nitro benzene ring substituents is 1. The molecule has 2 rings (SSSR count). The molecule has 0 radical (unpaired) electrons. The zero-order valence-electron chi connectivity index (χ0n) is 16.2. The maximum atomic E-state index is 12.6. The lowest BCUT2D eigenvalue weighted by molar-refractivity contribution is -0.384. The van der Waals surface area contributed by atoms with Crippen LogP contribution in [0, 0.1) is 10.1 Å². The minimum absolute atomic E-state index is 0.0216. The molecule has 2 aromatic carbocycles. The molecular weight excluding hydrogens is 378 g/mol. The first kappa shape index (κ1) is 21.8. The summed E-state index contributed by atoms with van der Waals surface area (Å²) in [6.07, 6.45) is -1.07. The summed E-state index contributed by atoms with van der Waals surface area (Å²) in [4.78, 5) is 35.1. The molecule has 0 saturated heterocycles. The molecule has 9 heteroatoms. The quantitative estimate of drug-likeness (QED) is 0.272. The first-order chi connectivity index (χ1) is 13.9. The Morgan fingerprint density at radius 1 is 1.17 bits per heavy atom. The molecule has 9 nitrogen and oxygen atoms in total. The van der Waals surface area contributed by atoms with Crippen LogP contribution in [0.5, 0.6) is 0 Å². The van der Waals surface area contributed by atoms with Crippen LogP contribution in [0.15, 0.2) is 48.5 Å². The van der Waals surface area contributed by atoms with Crippen molar-refractivity contribution < 1.29 is 24.0 Å². The van der Waals surface area contributed by atoms with Gasteiger partial charge in [-0.1, -0.05) is 30.3 Å². The average molecular weight is 401 g/mol. The van der Waals surface area contributed by atoms with Crippen LogP contribution in [0.1, 0.15) is 22.8 Å². The number of carbonyl (C=O) groups is 2. The molecule has 0 heterocycles. The zero-order valence-corrected chi connectivity index (χ0v) is 16.2. The van der Waals surface area contributed by atoms with Crippen LogP contribution < -0.4 is 10.6 Å². The van der Waals surface area contributed by atoms with Gasteiger partial charge < -0.3 is 20.1 Å². The summed E-state index contributed by atoms with van der Waals surface area (Å²) in [6.45, 7) is 2.43. The van der Waals surface area contributed by atoms with Crippen LogP contribution in [0.3, 0.4) is 0 Å². The number of benzene rings is 2. The Kier molecular flexibility index (Phi) is 8.11. The van der Waals surface area contributed by atoms with E-state index in [1.165, 1.54) is 26.2 Å². The Morgan fingerprint density at radius 2 is 1.90 bits per heavy atom. The van der Waals surface area contributed by atoms with Crippen LogP contribution in [0.2, 0.25) is 0 Å². The lowest BCUT2D eigenvalue weighted by atomic mass is 10.1. The molecule has 0 aliphatic heterocycles. The molecule has 29 heavy (non-hydrogen) atoms. The van der Waals surface area contributed by atoms with E-state index in [-0.39, 0.29) is 17.8 Å². The highest BCUT2D eigenvalue weighted by atomic mass is 16.6. The molecule has 0 unspecified atom stereocenters. The van der Waals surface area contributed by atoms with Gasteiger partial charge in [-0.2, -0.15) is 0 Å². The van der Waals surface area contributed by atoms with Gasteiger partial charge in [-0.3, -0.25) is 14.9 Å². The van der Waals surface area contributed by atoms with Crippen molar-refractivity contribution in [1.29, 1.82) is 0 Å². The fourth-order valence-electron chi connectivity index (χ4n) is 2.46. The van der Waals surface area contributed by atoms with Crippen molar-refractivity contribution in [2.45, 2.75) is 19.6 Å². The minimum atomic E-state index is -1.07. The van der Waals surface area contributed by atoms with E-state index in [2.05, 4.69) is 10.6 Å². The molecule has 0 aromatic heterocycles. The predicted molar refractivity (Wildman–Crippen MR) is 107 cm³/mol. The molecule has 0 spiro atoms. The number of rotatable bonds is 10. The summed E-state index contributed by atoms with van der Waals surface area (Å²) < 4.78 is 10.0. The molecule has 154 valence electrons. The molecule has 2 N–H and O–H groups in total. The largest absolute Gasteiger partial charge is 0.449 e. The highest BCUT2D eigenvalue weighted by Gasteiger charge is 2.23. The van der Waals surface area contributed by atoms with Crippen molar-refractivity contribution in [3.05, 3.63) is 69.8 Å². The number of non-ortho nitro benzene ring substituents is 1. The predicted octanol–water partition coefficient (Wildman–Crippen LogP) is 2.51. The van der Waals surface area contributed by atoms with Gasteiger partial charge in [-0.05, 0) is 18.6 Å². The van der Waals surface area contributed by atoms with E-state index in [0.717, 1.165) is 11.6 Å². The summed E-state index contributed by atoms with van der Waals surface area (Å²) >= 11 is 0. The van der Waals surface area contributed by atoms with Gasteiger partial charge >= 0.3 is 5.97 Å². The molecular formula is C20H23N3O6. The van der Waals surface area contributed by atoms with E-state index in [1.807, 2.05) is 30.3 Å². The van der Waals surface area contributed by atoms with Crippen LogP contribution in [0.4, 0.5) is 11.4 Å². The highest BCUT2D eigenvalue weighted by Crippen LogP contribution is 2.24. The van der Waals surface area contributed by atoms with Gasteiger partial charge in [0.1, 0.15) is 0 Å². The SMILES string of the molecule is COCCNC(=O)[C@H](C)OC(=O)c1cc([N+](=O)[O-])ccc1NCc1ccccc1. The van der Waals surface area contributed by atoms with Crippen LogP contribution in [-0.2, 0) is 20.8 Å². The van der Waals surface area contributed by atoms with Gasteiger partial charge in [0.15, 0.2) is 6.10 Å². The number of esters is 1. The first-order valence-corrected chi connectivity index (χ1v) is 8.96. The van der Waals surface area contributed by atoms with Gasteiger partial charge in [0.25, 0.3) is 11.6 Å². The zero-order chi connectivity index (χ0) is 21.2. The smallest absolute Gasteiger partial charge is 0.341 e. The van der Waals surface area contributed by atoms with E-state index >= 15 is 0 Å². The number of hydrogen-bond acceptors (Lipinski definition) is 7. The average Bonchev–Trinajstić information content (AvgIpc) is 2.72. The fraction of sp³-hybridized carbons (Fsp3) is 0.300. The Balaban J connectivity index is 2.14. The summed E-state index contributed by atoms with van der Waals surface area (Å²) in [5, 5.41) is 16.7. The number of hydrogen-bond donors (Lipinski definition) is 2. The van der Waals surface area contributed by atoms with Crippen LogP contribution in [-0.4, -0.2) is 43.2 Å². The summed E-state index contributed by atoms with van der Waals surface area (Å²) in [5.74, 6) is -1.32. The van der Waals surface area contributed by atoms with Gasteiger partial charge in [-0.25, -0.2) is 4.79 Å². The topological polar surface area (TPSA) is 120 Å². The fourth-order valence-corrected chi connectivity index (χ4v) is 2.46. The summed E-state index contributed by atoms with van der Waals surface area (Å²) in [7, 11) is 1.50. The third kappa shape index (κ3) is 6.58. The highest BCUT2D eigenvalue weighted by molar-refractivity contribution is 5.98. The number of nitro groups is 1.